The molecule has 0 bridgehead atoms. The highest BCUT2D eigenvalue weighted by molar-refractivity contribution is 7.99. The van der Waals surface area contributed by atoms with Crippen LogP contribution in [0.3, 0.4) is 0 Å². The van der Waals surface area contributed by atoms with Crippen LogP contribution >= 0.6 is 23.5 Å². The van der Waals surface area contributed by atoms with E-state index >= 15 is 0 Å². The molecule has 0 radical (unpaired) electrons. The lowest BCUT2D eigenvalue weighted by atomic mass is 10.1. The van der Waals surface area contributed by atoms with Gasteiger partial charge in [0.05, 0.1) is 34.4 Å². The summed E-state index contributed by atoms with van der Waals surface area (Å²) in [6.45, 7) is -0.904. The number of anilines is 1. The minimum atomic E-state index is -5.37. The summed E-state index contributed by atoms with van der Waals surface area (Å²) < 4.78 is 145. The molecule has 0 spiro atoms. The van der Waals surface area contributed by atoms with Crippen molar-refractivity contribution < 1.29 is 65.4 Å². The first kappa shape index (κ1) is 41.0. The maximum Gasteiger partial charge on any atom is 0.217 e. The second-order valence-electron chi connectivity index (χ2n) is 9.76. The summed E-state index contributed by atoms with van der Waals surface area (Å²) in [5, 5.41) is 26.1. The molecule has 0 heterocycles. The van der Waals surface area contributed by atoms with E-state index in [0.29, 0.717) is 4.90 Å². The van der Waals surface area contributed by atoms with Crippen molar-refractivity contribution >= 4 is 104 Å². The Hall–Kier alpha value is -3.80. The van der Waals surface area contributed by atoms with E-state index in [4.69, 9.17) is 5.73 Å². The van der Waals surface area contributed by atoms with Gasteiger partial charge in [0.25, 0.3) is 0 Å². The van der Waals surface area contributed by atoms with Crippen LogP contribution in [0.25, 0.3) is 10.8 Å². The molecule has 0 saturated carbocycles. The van der Waals surface area contributed by atoms with Crippen molar-refractivity contribution in [1.82, 2.24) is 0 Å². The zero-order valence-electron chi connectivity index (χ0n) is 25.6. The molecule has 0 aliphatic heterocycles. The number of nitrogens with zero attached hydrogens (tertiary/aromatic N) is 4. The standard InChI is InChI=1S/C26H25N5O15S6/c27-20-7-6-18-19(24(20)30-29-21-8-5-17(13-22(21)49(33,34)35)48-12-10-46-52(42,43)44)14-23(50(36,37)38)25(26(18)32)31-28-15-1-3-16(4-2-15)47-11-9-45-51(39,40)41/h1-8,13-14,32H,9-12,27H2,(H,33,34,35)(H,36,37,38)(H,39,40,41)(H,42,43,44)/p-4. The van der Waals surface area contributed by atoms with Crippen LogP contribution in [-0.4, -0.2) is 81.7 Å². The normalized spacial score (nSPS) is 13.1. The molecule has 3 N–H and O–H groups in total. The van der Waals surface area contributed by atoms with Crippen molar-refractivity contribution in [2.24, 2.45) is 20.5 Å². The summed E-state index contributed by atoms with van der Waals surface area (Å²) in [6.07, 6.45) is 0. The molecule has 4 aromatic rings. The number of thioether (sulfide) groups is 2. The highest BCUT2D eigenvalue weighted by Gasteiger charge is 2.21. The van der Waals surface area contributed by atoms with Gasteiger partial charge in [-0.05, 0) is 60.7 Å². The fourth-order valence-corrected chi connectivity index (χ4v) is 7.73. The predicted molar refractivity (Wildman–Crippen MR) is 180 cm³/mol. The predicted octanol–water partition coefficient (Wildman–Crippen LogP) is 3.90. The average Bonchev–Trinajstić information content (AvgIpc) is 3.03. The fraction of sp³-hybridized carbons (Fsp3) is 0.154. The largest absolute Gasteiger partial charge is 0.744 e. The first-order valence-electron chi connectivity index (χ1n) is 13.7. The molecule has 0 amide bonds. The Morgan fingerprint density at radius 1 is 0.615 bits per heavy atom. The van der Waals surface area contributed by atoms with Gasteiger partial charge in [-0.15, -0.1) is 38.9 Å². The van der Waals surface area contributed by atoms with E-state index in [2.05, 4.69) is 28.8 Å². The van der Waals surface area contributed by atoms with Crippen molar-refractivity contribution in [3.05, 3.63) is 60.7 Å². The number of hydrogen-bond acceptors (Lipinski definition) is 22. The van der Waals surface area contributed by atoms with Gasteiger partial charge in [-0.3, -0.25) is 8.37 Å². The number of azo groups is 2. The lowest BCUT2D eigenvalue weighted by Gasteiger charge is -2.15. The molecule has 0 unspecified atom stereocenters. The monoisotopic (exact) mass is 835 g/mol. The molecule has 0 aliphatic rings. The number of nitrogens with two attached hydrogens (primary N) is 1. The van der Waals surface area contributed by atoms with Crippen molar-refractivity contribution in [3.8, 4) is 5.75 Å². The van der Waals surface area contributed by atoms with Crippen LogP contribution in [-0.2, 0) is 49.4 Å². The molecular weight excluding hydrogens is 815 g/mol. The smallest absolute Gasteiger partial charge is 0.217 e. The first-order valence-corrected chi connectivity index (χ1v) is 21.1. The highest BCUT2D eigenvalue weighted by Crippen LogP contribution is 2.46. The molecule has 4 aromatic carbocycles. The minimum absolute atomic E-state index is 0.118. The summed E-state index contributed by atoms with van der Waals surface area (Å²) in [4.78, 5) is -1.14. The van der Waals surface area contributed by atoms with E-state index < -0.39 is 74.6 Å². The number of rotatable bonds is 16. The number of hydrogen-bond donors (Lipinski definition) is 2. The second-order valence-corrected chi connectivity index (χ2v) is 16.9. The maximum atomic E-state index is 12.3. The van der Waals surface area contributed by atoms with Crippen LogP contribution in [0.15, 0.2) is 101 Å². The van der Waals surface area contributed by atoms with Gasteiger partial charge in [0, 0.05) is 32.1 Å². The lowest BCUT2D eigenvalue weighted by molar-refractivity contribution is 0.275. The fourth-order valence-electron chi connectivity index (χ4n) is 4.10. The van der Waals surface area contributed by atoms with E-state index in [9.17, 15) is 57.0 Å². The third-order valence-electron chi connectivity index (χ3n) is 6.23. The number of phenols is 1. The van der Waals surface area contributed by atoms with Crippen LogP contribution in [0.2, 0.25) is 0 Å². The van der Waals surface area contributed by atoms with Crippen LogP contribution in [0.1, 0.15) is 0 Å². The summed E-state index contributed by atoms with van der Waals surface area (Å²) >= 11 is 1.99. The molecule has 26 heteroatoms. The molecule has 0 aliphatic carbocycles. The molecule has 20 nitrogen and oxygen atoms in total. The number of phenolic OH excluding ortho intramolecular Hbond substituents is 1. The zero-order chi connectivity index (χ0) is 38.5. The lowest BCUT2D eigenvalue weighted by Crippen LogP contribution is -2.06. The van der Waals surface area contributed by atoms with Gasteiger partial charge in [0.2, 0.25) is 20.8 Å². The molecule has 0 saturated heterocycles. The van der Waals surface area contributed by atoms with E-state index in [1.807, 2.05) is 0 Å². The van der Waals surface area contributed by atoms with Gasteiger partial charge in [0.15, 0.2) is 5.75 Å². The Kier molecular flexibility index (Phi) is 13.0. The Morgan fingerprint density at radius 2 is 1.15 bits per heavy atom. The Balaban J connectivity index is 1.68. The molecule has 0 fully saturated rings. The summed E-state index contributed by atoms with van der Waals surface area (Å²) in [5.74, 6) is -0.828. The molecule has 52 heavy (non-hydrogen) atoms. The maximum absolute atomic E-state index is 12.3. The Labute approximate surface area is 304 Å². The molecule has 0 aromatic heterocycles. The Morgan fingerprint density at radius 3 is 1.71 bits per heavy atom. The zero-order valence-corrected chi connectivity index (χ0v) is 30.5. The summed E-state index contributed by atoms with van der Waals surface area (Å²) in [5.41, 5.74) is 4.43. The van der Waals surface area contributed by atoms with Crippen LogP contribution < -0.4 is 5.73 Å². The van der Waals surface area contributed by atoms with Gasteiger partial charge in [0.1, 0.15) is 37.3 Å². The topological polar surface area (TPSA) is 343 Å². The molecule has 280 valence electrons. The van der Waals surface area contributed by atoms with E-state index in [0.717, 1.165) is 41.7 Å². The minimum Gasteiger partial charge on any atom is -0.744 e. The first-order chi connectivity index (χ1) is 24.1. The molecule has 4 rings (SSSR count). The quantitative estimate of drug-likeness (QED) is 0.0403. The number of aromatic hydroxyl groups is 1. The van der Waals surface area contributed by atoms with Crippen molar-refractivity contribution in [3.63, 3.8) is 0 Å². The van der Waals surface area contributed by atoms with E-state index in [1.165, 1.54) is 42.5 Å². The van der Waals surface area contributed by atoms with Gasteiger partial charge in [-0.2, -0.15) is 5.11 Å². The van der Waals surface area contributed by atoms with Crippen molar-refractivity contribution in [1.29, 1.82) is 0 Å². The molecule has 0 atom stereocenters. The Bertz CT molecular complexity index is 2500. The van der Waals surface area contributed by atoms with Gasteiger partial charge in [-0.1, -0.05) is 0 Å². The highest BCUT2D eigenvalue weighted by atomic mass is 32.3. The van der Waals surface area contributed by atoms with E-state index in [1.54, 1.807) is 0 Å². The SMILES string of the molecule is Nc1ccc2c(O)c(N=Nc3ccc(SCCOS(=O)(=O)[O-])cc3)c(S(=O)(=O)[O-])cc2c1N=Nc1ccc(SCCOS(=O)(=O)[O-])cc1S(=O)(=O)[O-]. The van der Waals surface area contributed by atoms with Gasteiger partial charge >= 0.3 is 0 Å². The van der Waals surface area contributed by atoms with Gasteiger partial charge < -0.3 is 29.1 Å². The summed E-state index contributed by atoms with van der Waals surface area (Å²) in [6, 6.07) is 12.5. The third-order valence-corrected chi connectivity index (χ3v) is 10.8. The third kappa shape index (κ3) is 11.6. The molecular formula is C26H21N5O15S6-4. The van der Waals surface area contributed by atoms with Crippen LogP contribution in [0.5, 0.6) is 5.75 Å². The summed E-state index contributed by atoms with van der Waals surface area (Å²) in [7, 11) is -20.3. The number of nitrogen functional groups attached to an aromatic ring is 1. The van der Waals surface area contributed by atoms with Crippen molar-refractivity contribution in [2.45, 2.75) is 19.6 Å². The second kappa shape index (κ2) is 16.5. The number of benzene rings is 4. The van der Waals surface area contributed by atoms with Crippen LogP contribution in [0.4, 0.5) is 28.4 Å². The van der Waals surface area contributed by atoms with E-state index in [-0.39, 0.29) is 50.8 Å². The van der Waals surface area contributed by atoms with Crippen molar-refractivity contribution in [2.75, 3.05) is 30.5 Å². The van der Waals surface area contributed by atoms with Crippen LogP contribution in [0, 0.1) is 0 Å². The number of fused-ring (bicyclic) bond motifs is 1. The average molecular weight is 836 g/mol. The van der Waals surface area contributed by atoms with Gasteiger partial charge in [-0.25, -0.2) is 33.7 Å².